The van der Waals surface area contributed by atoms with Gasteiger partial charge < -0.3 is 4.90 Å². The van der Waals surface area contributed by atoms with Crippen LogP contribution in [-0.2, 0) is 0 Å². The highest BCUT2D eigenvalue weighted by atomic mass is 35.5. The molecule has 0 unspecified atom stereocenters. The molecule has 0 saturated carbocycles. The van der Waals surface area contributed by atoms with Gasteiger partial charge in [0.15, 0.2) is 0 Å². The van der Waals surface area contributed by atoms with Crippen molar-refractivity contribution >= 4 is 17.5 Å². The molecule has 98 valence electrons. The van der Waals surface area contributed by atoms with Gasteiger partial charge in [0.05, 0.1) is 5.56 Å². The molecule has 2 nitrogen and oxygen atoms in total. The number of rotatable bonds is 3. The van der Waals surface area contributed by atoms with Crippen LogP contribution in [0.1, 0.15) is 31.1 Å². The van der Waals surface area contributed by atoms with Crippen molar-refractivity contribution in [2.75, 3.05) is 6.54 Å². The first kappa shape index (κ1) is 14.7. The average molecular weight is 270 g/mol. The van der Waals surface area contributed by atoms with E-state index in [1.807, 2.05) is 20.8 Å². The number of nitrogens with zero attached hydrogens (tertiary/aromatic N) is 1. The summed E-state index contributed by atoms with van der Waals surface area (Å²) in [6.45, 7) is 9.63. The standard InChI is InChI=1S/C14H17ClFNO/c1-5-8-17(14(2,3)4)13(18)11-9-10(15)6-7-12(11)16/h5-7,9H,1,8H2,2-4H3. The molecule has 0 aliphatic rings. The van der Waals surface area contributed by atoms with Gasteiger partial charge in [0, 0.05) is 17.1 Å². The van der Waals surface area contributed by atoms with Crippen molar-refractivity contribution in [3.8, 4) is 0 Å². The maximum absolute atomic E-state index is 13.7. The fourth-order valence-electron chi connectivity index (χ4n) is 1.60. The molecule has 0 aromatic heterocycles. The first-order valence-corrected chi connectivity index (χ1v) is 6.03. The lowest BCUT2D eigenvalue weighted by Gasteiger charge is -2.35. The molecule has 4 heteroatoms. The van der Waals surface area contributed by atoms with Crippen LogP contribution in [0.25, 0.3) is 0 Å². The van der Waals surface area contributed by atoms with Crippen LogP contribution in [0.4, 0.5) is 4.39 Å². The third kappa shape index (κ3) is 3.33. The van der Waals surface area contributed by atoms with Gasteiger partial charge in [-0.2, -0.15) is 0 Å². The van der Waals surface area contributed by atoms with Crippen LogP contribution in [0.5, 0.6) is 0 Å². The number of carbonyl (C=O) groups is 1. The van der Waals surface area contributed by atoms with Gasteiger partial charge in [-0.05, 0) is 39.0 Å². The zero-order valence-corrected chi connectivity index (χ0v) is 11.6. The smallest absolute Gasteiger partial charge is 0.257 e. The van der Waals surface area contributed by atoms with Crippen molar-refractivity contribution < 1.29 is 9.18 Å². The van der Waals surface area contributed by atoms with Crippen molar-refractivity contribution in [1.29, 1.82) is 0 Å². The van der Waals surface area contributed by atoms with Gasteiger partial charge in [-0.25, -0.2) is 4.39 Å². The molecule has 0 aliphatic carbocycles. The Morgan fingerprint density at radius 1 is 1.50 bits per heavy atom. The van der Waals surface area contributed by atoms with Gasteiger partial charge in [-0.1, -0.05) is 17.7 Å². The lowest BCUT2D eigenvalue weighted by Crippen LogP contribution is -2.45. The van der Waals surface area contributed by atoms with Crippen LogP contribution in [0.3, 0.4) is 0 Å². The fraction of sp³-hybridized carbons (Fsp3) is 0.357. The van der Waals surface area contributed by atoms with Crippen molar-refractivity contribution in [1.82, 2.24) is 4.90 Å². The number of amides is 1. The Morgan fingerprint density at radius 3 is 2.61 bits per heavy atom. The first-order chi connectivity index (χ1) is 8.27. The Balaban J connectivity index is 3.17. The van der Waals surface area contributed by atoms with E-state index < -0.39 is 11.4 Å². The topological polar surface area (TPSA) is 20.3 Å². The van der Waals surface area contributed by atoms with Crippen molar-refractivity contribution in [2.24, 2.45) is 0 Å². The Labute approximate surface area is 112 Å². The first-order valence-electron chi connectivity index (χ1n) is 5.65. The van der Waals surface area contributed by atoms with Gasteiger partial charge in [-0.3, -0.25) is 4.79 Å². The summed E-state index contributed by atoms with van der Waals surface area (Å²) < 4.78 is 13.7. The number of halogens is 2. The van der Waals surface area contributed by atoms with Gasteiger partial charge in [0.25, 0.3) is 5.91 Å². The van der Waals surface area contributed by atoms with E-state index in [0.29, 0.717) is 11.6 Å². The molecule has 0 aliphatic heterocycles. The molecular formula is C14H17ClFNO. The van der Waals surface area contributed by atoms with E-state index in [1.165, 1.54) is 18.2 Å². The third-order valence-corrected chi connectivity index (χ3v) is 2.76. The molecule has 0 heterocycles. The molecule has 1 aromatic carbocycles. The summed E-state index contributed by atoms with van der Waals surface area (Å²) in [6.07, 6.45) is 1.62. The van der Waals surface area contributed by atoms with E-state index >= 15 is 0 Å². The number of benzene rings is 1. The van der Waals surface area contributed by atoms with Gasteiger partial charge in [-0.15, -0.1) is 6.58 Å². The Hall–Kier alpha value is -1.35. The fourth-order valence-corrected chi connectivity index (χ4v) is 1.77. The normalized spacial score (nSPS) is 11.2. The SMILES string of the molecule is C=CCN(C(=O)c1cc(Cl)ccc1F)C(C)(C)C. The third-order valence-electron chi connectivity index (χ3n) is 2.53. The molecule has 1 rings (SSSR count). The van der Waals surface area contributed by atoms with E-state index in [9.17, 15) is 9.18 Å². The van der Waals surface area contributed by atoms with Gasteiger partial charge in [0.1, 0.15) is 5.82 Å². The summed E-state index contributed by atoms with van der Waals surface area (Å²) >= 11 is 5.80. The number of hydrogen-bond donors (Lipinski definition) is 0. The maximum Gasteiger partial charge on any atom is 0.257 e. The number of hydrogen-bond acceptors (Lipinski definition) is 1. The second kappa shape index (κ2) is 5.53. The predicted molar refractivity (Wildman–Crippen MR) is 72.4 cm³/mol. The van der Waals surface area contributed by atoms with Gasteiger partial charge >= 0.3 is 0 Å². The monoisotopic (exact) mass is 269 g/mol. The zero-order valence-electron chi connectivity index (χ0n) is 10.8. The summed E-state index contributed by atoms with van der Waals surface area (Å²) in [5, 5.41) is 0.340. The summed E-state index contributed by atoms with van der Waals surface area (Å²) in [6, 6.07) is 3.97. The zero-order chi connectivity index (χ0) is 13.9. The van der Waals surface area contributed by atoms with E-state index in [0.717, 1.165) is 0 Å². The molecule has 1 aromatic rings. The van der Waals surface area contributed by atoms with Crippen molar-refractivity contribution in [2.45, 2.75) is 26.3 Å². The minimum Gasteiger partial charge on any atom is -0.330 e. The highest BCUT2D eigenvalue weighted by molar-refractivity contribution is 6.31. The van der Waals surface area contributed by atoms with Crippen molar-refractivity contribution in [3.63, 3.8) is 0 Å². The largest absolute Gasteiger partial charge is 0.330 e. The van der Waals surface area contributed by atoms with Crippen LogP contribution >= 0.6 is 11.6 Å². The van der Waals surface area contributed by atoms with Crippen molar-refractivity contribution in [3.05, 3.63) is 47.3 Å². The molecule has 0 spiro atoms. The van der Waals surface area contributed by atoms with Crippen LogP contribution in [0, 0.1) is 5.82 Å². The minimum absolute atomic E-state index is 0.0146. The maximum atomic E-state index is 13.7. The van der Waals surface area contributed by atoms with Crippen LogP contribution in [0.15, 0.2) is 30.9 Å². The molecular weight excluding hydrogens is 253 g/mol. The lowest BCUT2D eigenvalue weighted by molar-refractivity contribution is 0.0612. The Morgan fingerprint density at radius 2 is 2.11 bits per heavy atom. The second-order valence-electron chi connectivity index (χ2n) is 5.00. The molecule has 1 amide bonds. The second-order valence-corrected chi connectivity index (χ2v) is 5.44. The summed E-state index contributed by atoms with van der Waals surface area (Å²) in [4.78, 5) is 13.9. The molecule has 18 heavy (non-hydrogen) atoms. The molecule has 0 radical (unpaired) electrons. The summed E-state index contributed by atoms with van der Waals surface area (Å²) in [7, 11) is 0. The Kier molecular flexibility index (Phi) is 4.52. The average Bonchev–Trinajstić information content (AvgIpc) is 2.27. The minimum atomic E-state index is -0.567. The highest BCUT2D eigenvalue weighted by Gasteiger charge is 2.28. The molecule has 0 bridgehead atoms. The molecule has 0 atom stereocenters. The molecule has 0 saturated heterocycles. The summed E-state index contributed by atoms with van der Waals surface area (Å²) in [5.74, 6) is -0.954. The van der Waals surface area contributed by atoms with E-state index in [2.05, 4.69) is 6.58 Å². The highest BCUT2D eigenvalue weighted by Crippen LogP contribution is 2.21. The predicted octanol–water partition coefficient (Wildman–Crippen LogP) is 3.91. The number of carbonyl (C=O) groups excluding carboxylic acids is 1. The van der Waals surface area contributed by atoms with E-state index in [1.54, 1.807) is 11.0 Å². The summed E-state index contributed by atoms with van der Waals surface area (Å²) in [5.41, 5.74) is -0.431. The van der Waals surface area contributed by atoms with E-state index in [-0.39, 0.29) is 11.5 Å². The quantitative estimate of drug-likeness (QED) is 0.762. The van der Waals surface area contributed by atoms with Gasteiger partial charge in [0.2, 0.25) is 0 Å². The van der Waals surface area contributed by atoms with Crippen LogP contribution < -0.4 is 0 Å². The Bertz CT molecular complexity index is 465. The van der Waals surface area contributed by atoms with Crippen LogP contribution in [0.2, 0.25) is 5.02 Å². The molecule has 0 N–H and O–H groups in total. The molecule has 0 fully saturated rings. The van der Waals surface area contributed by atoms with E-state index in [4.69, 9.17) is 11.6 Å². The van der Waals surface area contributed by atoms with Crippen LogP contribution in [-0.4, -0.2) is 22.9 Å². The lowest BCUT2D eigenvalue weighted by atomic mass is 10.0.